The second-order valence-electron chi connectivity index (χ2n) is 2.87. The average Bonchev–Trinajstić information content (AvgIpc) is 2.41. The quantitative estimate of drug-likeness (QED) is 0.218. The van der Waals surface area contributed by atoms with E-state index >= 15 is 0 Å². The fourth-order valence-corrected chi connectivity index (χ4v) is 0.757. The first-order valence-electron chi connectivity index (χ1n) is 5.51. The summed E-state index contributed by atoms with van der Waals surface area (Å²) in [4.78, 5) is 27.5. The van der Waals surface area contributed by atoms with Crippen LogP contribution in [0.1, 0.15) is 1.43 Å². The molecule has 1 amide bonds. The maximum absolute atomic E-state index is 9.99. The predicted molar refractivity (Wildman–Crippen MR) is 66.0 cm³/mol. The van der Waals surface area contributed by atoms with E-state index in [0.29, 0.717) is 32.6 Å². The van der Waals surface area contributed by atoms with Crippen molar-refractivity contribution in [3.05, 3.63) is 0 Å². The number of aliphatic hydroxyl groups is 4. The van der Waals surface area contributed by atoms with Gasteiger partial charge < -0.3 is 30.6 Å². The fraction of sp³-hybridized carbons (Fsp3) is 0.800. The van der Waals surface area contributed by atoms with E-state index in [-0.39, 0.29) is 34.0 Å². The molecular formula is C10H24N2O7. The molecule has 0 saturated carbocycles. The Hall–Kier alpha value is -1.35. The lowest BCUT2D eigenvalue weighted by Crippen LogP contribution is -2.28. The molecule has 0 aromatic carbocycles. The lowest BCUT2D eigenvalue weighted by atomic mass is 10.5. The van der Waals surface area contributed by atoms with E-state index in [9.17, 15) is 4.79 Å². The molecule has 0 aromatic rings. The van der Waals surface area contributed by atoms with Crippen LogP contribution in [0.5, 0.6) is 0 Å². The van der Waals surface area contributed by atoms with Crippen molar-refractivity contribution in [2.45, 2.75) is 0 Å². The van der Waals surface area contributed by atoms with Crippen molar-refractivity contribution >= 4 is 12.6 Å². The first-order valence-corrected chi connectivity index (χ1v) is 5.51. The van der Waals surface area contributed by atoms with Crippen molar-refractivity contribution in [1.29, 1.82) is 0 Å². The molecule has 0 heterocycles. The maximum Gasteiger partial charge on any atom is 0.373 e. The number of nitrogens with zero attached hydrogens (tertiary/aromatic N) is 1. The molecule has 0 bridgehead atoms. The van der Waals surface area contributed by atoms with E-state index in [1.807, 2.05) is 0 Å². The molecule has 5 N–H and O–H groups in total. The summed E-state index contributed by atoms with van der Waals surface area (Å²) in [5.41, 5.74) is 0. The van der Waals surface area contributed by atoms with Crippen LogP contribution < -0.4 is 5.32 Å². The molecule has 0 saturated heterocycles. The van der Waals surface area contributed by atoms with Crippen LogP contribution in [-0.2, 0) is 14.4 Å². The highest BCUT2D eigenvalue weighted by Crippen LogP contribution is 1.78. The fourth-order valence-electron chi connectivity index (χ4n) is 0.757. The van der Waals surface area contributed by atoms with E-state index < -0.39 is 0 Å². The highest BCUT2D eigenvalue weighted by atomic mass is 16.3. The molecule has 0 aromatic heterocycles. The van der Waals surface area contributed by atoms with Gasteiger partial charge in [0.25, 0.3) is 0 Å². The van der Waals surface area contributed by atoms with Crippen molar-refractivity contribution in [2.24, 2.45) is 0 Å². The van der Waals surface area contributed by atoms with Crippen LogP contribution in [-0.4, -0.2) is 90.5 Å². The molecule has 0 aliphatic carbocycles. The van der Waals surface area contributed by atoms with Gasteiger partial charge in [-0.15, -0.1) is 0 Å². The van der Waals surface area contributed by atoms with Crippen LogP contribution in [0.25, 0.3) is 0 Å². The van der Waals surface area contributed by atoms with Gasteiger partial charge >= 0.3 is 6.15 Å². The summed E-state index contributed by atoms with van der Waals surface area (Å²) < 4.78 is 0. The summed E-state index contributed by atoms with van der Waals surface area (Å²) in [6.07, 6.45) is 0.854. The largest absolute Gasteiger partial charge is 0.395 e. The maximum atomic E-state index is 9.99. The molecule has 19 heavy (non-hydrogen) atoms. The number of hydrogen-bond donors (Lipinski definition) is 5. The van der Waals surface area contributed by atoms with Gasteiger partial charge in [0, 0.05) is 27.6 Å². The Morgan fingerprint density at radius 2 is 1.32 bits per heavy atom. The van der Waals surface area contributed by atoms with Gasteiger partial charge in [0.05, 0.1) is 26.4 Å². The SMILES string of the molecule is O=C=O.O=CN(CCO)CCO.OCCNCCO.[HH]. The summed E-state index contributed by atoms with van der Waals surface area (Å²) >= 11 is 0. The smallest absolute Gasteiger partial charge is 0.373 e. The minimum Gasteiger partial charge on any atom is -0.395 e. The molecule has 0 fully saturated rings. The number of nitrogens with one attached hydrogen (secondary N) is 1. The van der Waals surface area contributed by atoms with Crippen molar-refractivity contribution in [2.75, 3.05) is 52.6 Å². The first-order chi connectivity index (χ1) is 9.17. The van der Waals surface area contributed by atoms with Crippen LogP contribution in [0.3, 0.4) is 0 Å². The van der Waals surface area contributed by atoms with E-state index in [0.717, 1.165) is 0 Å². The number of carbonyl (C=O) groups is 1. The van der Waals surface area contributed by atoms with Gasteiger partial charge in [0.2, 0.25) is 6.41 Å². The lowest BCUT2D eigenvalue weighted by molar-refractivity contribution is -0.191. The monoisotopic (exact) mass is 284 g/mol. The average molecular weight is 284 g/mol. The number of amides is 1. The van der Waals surface area contributed by atoms with Gasteiger partial charge in [-0.2, -0.15) is 9.59 Å². The summed E-state index contributed by atoms with van der Waals surface area (Å²) in [6.45, 7) is 1.90. The predicted octanol–water partition coefficient (Wildman–Crippen LogP) is -3.35. The minimum absolute atomic E-state index is 0. The Balaban J connectivity index is -0.000000105. The molecule has 0 atom stereocenters. The number of rotatable bonds is 9. The third kappa shape index (κ3) is 31.5. The zero-order valence-corrected chi connectivity index (χ0v) is 10.7. The standard InChI is InChI=1S/C5H11NO3.C4H11NO2.CO2.H2/c7-3-1-6(5-9)2-4-8;6-3-1-5-2-4-7;2-1-3;/h5,7-8H,1-4H2;5-7H,1-4H2;;1H. The summed E-state index contributed by atoms with van der Waals surface area (Å²) in [7, 11) is 0. The molecule has 0 unspecified atom stereocenters. The third-order valence-electron chi connectivity index (χ3n) is 1.50. The Labute approximate surface area is 112 Å². The summed E-state index contributed by atoms with van der Waals surface area (Å²) in [5.74, 6) is 0. The van der Waals surface area contributed by atoms with Crippen LogP contribution in [0.4, 0.5) is 0 Å². The second kappa shape index (κ2) is 25.5. The summed E-state index contributed by atoms with van der Waals surface area (Å²) in [5, 5.41) is 35.7. The molecule has 9 nitrogen and oxygen atoms in total. The van der Waals surface area contributed by atoms with Crippen LogP contribution in [0, 0.1) is 0 Å². The van der Waals surface area contributed by atoms with Gasteiger partial charge in [-0.25, -0.2) is 0 Å². The van der Waals surface area contributed by atoms with E-state index in [1.54, 1.807) is 0 Å². The minimum atomic E-state index is -0.0568. The van der Waals surface area contributed by atoms with E-state index in [4.69, 9.17) is 30.0 Å². The zero-order valence-electron chi connectivity index (χ0n) is 10.7. The van der Waals surface area contributed by atoms with Crippen LogP contribution >= 0.6 is 0 Å². The van der Waals surface area contributed by atoms with Gasteiger partial charge in [0.15, 0.2) is 0 Å². The van der Waals surface area contributed by atoms with Gasteiger partial charge in [0.1, 0.15) is 0 Å². The Morgan fingerprint density at radius 3 is 1.53 bits per heavy atom. The van der Waals surface area contributed by atoms with Crippen molar-refractivity contribution in [3.8, 4) is 0 Å². The zero-order chi connectivity index (χ0) is 15.4. The normalized spacial score (nSPS) is 8.21. The number of hydrogen-bond acceptors (Lipinski definition) is 8. The van der Waals surface area contributed by atoms with Gasteiger partial charge in [-0.1, -0.05) is 0 Å². The van der Waals surface area contributed by atoms with Crippen molar-refractivity contribution in [1.82, 2.24) is 10.2 Å². The molecule has 9 heteroatoms. The molecular weight excluding hydrogens is 260 g/mol. The Morgan fingerprint density at radius 1 is 0.947 bits per heavy atom. The highest BCUT2D eigenvalue weighted by molar-refractivity contribution is 5.46. The van der Waals surface area contributed by atoms with Gasteiger partial charge in [-0.3, -0.25) is 4.79 Å². The topological polar surface area (TPSA) is 147 Å². The molecule has 0 rings (SSSR count). The van der Waals surface area contributed by atoms with Crippen LogP contribution in [0.2, 0.25) is 0 Å². The first kappa shape index (κ1) is 22.8. The van der Waals surface area contributed by atoms with Gasteiger partial charge in [-0.05, 0) is 0 Å². The third-order valence-corrected chi connectivity index (χ3v) is 1.50. The lowest BCUT2D eigenvalue weighted by Gasteiger charge is -2.12. The summed E-state index contributed by atoms with van der Waals surface area (Å²) in [6, 6.07) is 0. The second-order valence-corrected chi connectivity index (χ2v) is 2.87. The van der Waals surface area contributed by atoms with Crippen LogP contribution in [0.15, 0.2) is 0 Å². The highest BCUT2D eigenvalue weighted by Gasteiger charge is 1.96. The molecule has 116 valence electrons. The van der Waals surface area contributed by atoms with E-state index in [2.05, 4.69) is 5.32 Å². The van der Waals surface area contributed by atoms with Crippen molar-refractivity contribution in [3.63, 3.8) is 0 Å². The molecule has 0 radical (unpaired) electrons. The molecule has 0 aliphatic rings. The van der Waals surface area contributed by atoms with E-state index in [1.165, 1.54) is 4.90 Å². The Kier molecular flexibility index (Phi) is 30.6. The molecule has 0 aliphatic heterocycles. The number of carbonyl (C=O) groups excluding carboxylic acids is 3. The molecule has 0 spiro atoms. The Bertz CT molecular complexity index is 194. The van der Waals surface area contributed by atoms with Crippen molar-refractivity contribution < 1.29 is 36.2 Å². The number of aliphatic hydroxyl groups excluding tert-OH is 4.